The van der Waals surface area contributed by atoms with Crippen LogP contribution in [-0.2, 0) is 19.6 Å². The number of benzene rings is 1. The summed E-state index contributed by atoms with van der Waals surface area (Å²) in [6.07, 6.45) is 4.82. The average molecular weight is 589 g/mol. The maximum atomic E-state index is 13.9. The van der Waals surface area contributed by atoms with E-state index in [0.717, 1.165) is 23.9 Å². The van der Waals surface area contributed by atoms with E-state index in [4.69, 9.17) is 0 Å². The molecule has 1 aromatic carbocycles. The lowest BCUT2D eigenvalue weighted by Gasteiger charge is -2.46. The Morgan fingerprint density at radius 1 is 1.20 bits per heavy atom. The van der Waals surface area contributed by atoms with Crippen LogP contribution in [0.15, 0.2) is 35.9 Å². The van der Waals surface area contributed by atoms with Crippen molar-refractivity contribution in [3.63, 3.8) is 0 Å². The number of amides is 2. The Balaban J connectivity index is 1.58. The molecule has 3 heterocycles. The van der Waals surface area contributed by atoms with Gasteiger partial charge in [-0.3, -0.25) is 14.3 Å². The number of likely N-dealkylation sites (tertiary alicyclic amines) is 1. The predicted molar refractivity (Wildman–Crippen MR) is 156 cm³/mol. The molecule has 224 valence electrons. The van der Waals surface area contributed by atoms with Crippen molar-refractivity contribution in [1.29, 1.82) is 0 Å². The van der Waals surface area contributed by atoms with Gasteiger partial charge in [-0.05, 0) is 58.2 Å². The molecule has 0 radical (unpaired) electrons. The largest absolute Gasteiger partial charge is 0.367 e. The Morgan fingerprint density at radius 2 is 1.85 bits per heavy atom. The van der Waals surface area contributed by atoms with Gasteiger partial charge in [0.25, 0.3) is 0 Å². The first-order valence-corrected chi connectivity index (χ1v) is 15.9. The highest BCUT2D eigenvalue weighted by Crippen LogP contribution is 2.39. The minimum absolute atomic E-state index is 0.0823. The van der Waals surface area contributed by atoms with Gasteiger partial charge >= 0.3 is 0 Å². The molecule has 10 nitrogen and oxygen atoms in total. The van der Waals surface area contributed by atoms with Gasteiger partial charge in [-0.25, -0.2) is 17.5 Å². The van der Waals surface area contributed by atoms with Gasteiger partial charge in [0.05, 0.1) is 28.7 Å². The summed E-state index contributed by atoms with van der Waals surface area (Å²) < 4.78 is 45.7. The minimum atomic E-state index is -3.85. The molecular formula is C29H41FN6O4S. The number of hydrogen-bond donors (Lipinski definition) is 1. The highest BCUT2D eigenvalue weighted by molar-refractivity contribution is 7.89. The molecule has 3 fully saturated rings. The van der Waals surface area contributed by atoms with Crippen LogP contribution in [0, 0.1) is 5.92 Å². The summed E-state index contributed by atoms with van der Waals surface area (Å²) in [4.78, 5) is 31.0. The van der Waals surface area contributed by atoms with Gasteiger partial charge in [0, 0.05) is 54.2 Å². The van der Waals surface area contributed by atoms with Crippen molar-refractivity contribution in [2.45, 2.75) is 88.5 Å². The van der Waals surface area contributed by atoms with E-state index in [2.05, 4.69) is 21.3 Å². The number of alkyl halides is 1. The summed E-state index contributed by atoms with van der Waals surface area (Å²) in [5.74, 6) is -0.357. The van der Waals surface area contributed by atoms with Crippen LogP contribution in [0.2, 0.25) is 0 Å². The second-order valence-electron chi connectivity index (χ2n) is 12.5. The minimum Gasteiger partial charge on any atom is -0.367 e. The van der Waals surface area contributed by atoms with Crippen molar-refractivity contribution in [2.75, 3.05) is 31.2 Å². The number of halogens is 1. The number of aromatic nitrogens is 2. The van der Waals surface area contributed by atoms with Crippen molar-refractivity contribution in [1.82, 2.24) is 24.3 Å². The molecule has 5 rings (SSSR count). The number of piperazine rings is 1. The van der Waals surface area contributed by atoms with Crippen molar-refractivity contribution < 1.29 is 22.4 Å². The Bertz CT molecular complexity index is 1460. The van der Waals surface area contributed by atoms with Gasteiger partial charge in [-0.15, -0.1) is 0 Å². The molecule has 2 aromatic rings. The number of anilines is 1. The van der Waals surface area contributed by atoms with E-state index in [-0.39, 0.29) is 47.3 Å². The molecule has 1 aliphatic carbocycles. The summed E-state index contributed by atoms with van der Waals surface area (Å²) in [5.41, 5.74) is 0.885. The molecule has 2 amide bonds. The molecule has 1 aromatic heterocycles. The van der Waals surface area contributed by atoms with Gasteiger partial charge in [-0.2, -0.15) is 5.10 Å². The molecule has 12 heteroatoms. The molecule has 3 aliphatic rings. The summed E-state index contributed by atoms with van der Waals surface area (Å²) in [5, 5.41) is 5.43. The lowest BCUT2D eigenvalue weighted by Crippen LogP contribution is -2.59. The molecular weight excluding hydrogens is 547 g/mol. The highest BCUT2D eigenvalue weighted by atomic mass is 32.2. The predicted octanol–water partition coefficient (Wildman–Crippen LogP) is 3.25. The van der Waals surface area contributed by atoms with E-state index in [9.17, 15) is 22.4 Å². The number of carbonyl (C=O) groups is 2. The van der Waals surface area contributed by atoms with E-state index in [1.807, 2.05) is 39.5 Å². The first kappa shape index (κ1) is 29.5. The Labute approximate surface area is 241 Å². The summed E-state index contributed by atoms with van der Waals surface area (Å²) in [6.45, 7) is 13.9. The average Bonchev–Trinajstić information content (AvgIpc) is 3.29. The Kier molecular flexibility index (Phi) is 7.69. The number of nitrogens with one attached hydrogen (secondary N) is 1. The zero-order valence-electron chi connectivity index (χ0n) is 24.5. The summed E-state index contributed by atoms with van der Waals surface area (Å²) in [6, 6.07) is 2.25. The van der Waals surface area contributed by atoms with Crippen LogP contribution >= 0.6 is 0 Å². The fraction of sp³-hybridized carbons (Fsp3) is 0.621. The summed E-state index contributed by atoms with van der Waals surface area (Å²) >= 11 is 0. The number of sulfonamides is 1. The third kappa shape index (κ3) is 5.48. The molecule has 41 heavy (non-hydrogen) atoms. The van der Waals surface area contributed by atoms with Gasteiger partial charge in [0.1, 0.15) is 6.67 Å². The molecule has 2 saturated heterocycles. The fourth-order valence-corrected chi connectivity index (χ4v) is 7.84. The molecule has 0 bridgehead atoms. The SMILES string of the molecule is C=CC(=O)N1C[C@@H](n2ncc3c(N4C[C@@H](C)N(C(=O)C(C)C)[C@@H](C)C4)cc(S(=O)(=O)NC4(C)CC4)cc32)C[C@@H]1CF. The molecule has 4 atom stereocenters. The number of fused-ring (bicyclic) bond motifs is 1. The van der Waals surface area contributed by atoms with Gasteiger partial charge in [-0.1, -0.05) is 20.4 Å². The Hall–Kier alpha value is -2.99. The second kappa shape index (κ2) is 10.7. The molecule has 1 saturated carbocycles. The zero-order chi connectivity index (χ0) is 29.9. The first-order chi connectivity index (χ1) is 19.3. The van der Waals surface area contributed by atoms with Crippen LogP contribution in [0.5, 0.6) is 0 Å². The van der Waals surface area contributed by atoms with E-state index in [1.54, 1.807) is 23.0 Å². The monoisotopic (exact) mass is 588 g/mol. The lowest BCUT2D eigenvalue weighted by atomic mass is 10.0. The lowest BCUT2D eigenvalue weighted by molar-refractivity contribution is -0.139. The molecule has 1 N–H and O–H groups in total. The zero-order valence-corrected chi connectivity index (χ0v) is 25.3. The second-order valence-corrected chi connectivity index (χ2v) is 14.2. The van der Waals surface area contributed by atoms with Crippen LogP contribution in [0.1, 0.15) is 59.9 Å². The standard InChI is InChI=1S/C29H41FN6O4S/c1-7-27(37)34-17-22(10-21(34)13-30)36-26-12-23(41(39,40)32-29(6)8-9-29)11-25(24(26)14-31-36)33-15-19(4)35(20(5)16-33)28(38)18(2)3/h7,11-12,14,18-22,32H,1,8-10,13,15-17H2,2-6H3/t19-,20+,21-,22+/m1/s1. The molecule has 2 aliphatic heterocycles. The van der Waals surface area contributed by atoms with Gasteiger partial charge in [0.2, 0.25) is 21.8 Å². The Morgan fingerprint density at radius 3 is 2.41 bits per heavy atom. The van der Waals surface area contributed by atoms with Gasteiger partial charge < -0.3 is 14.7 Å². The van der Waals surface area contributed by atoms with Crippen LogP contribution in [0.4, 0.5) is 10.1 Å². The maximum Gasteiger partial charge on any atom is 0.246 e. The van der Waals surface area contributed by atoms with Crippen LogP contribution in [-0.4, -0.2) is 89.8 Å². The van der Waals surface area contributed by atoms with E-state index in [1.165, 1.54) is 11.0 Å². The van der Waals surface area contributed by atoms with Crippen molar-refractivity contribution in [3.05, 3.63) is 31.0 Å². The summed E-state index contributed by atoms with van der Waals surface area (Å²) in [7, 11) is -3.85. The topological polar surface area (TPSA) is 108 Å². The van der Waals surface area contributed by atoms with E-state index < -0.39 is 28.3 Å². The normalized spacial score (nSPS) is 26.2. The van der Waals surface area contributed by atoms with Crippen LogP contribution in [0.3, 0.4) is 0 Å². The third-order valence-corrected chi connectivity index (χ3v) is 10.4. The number of rotatable bonds is 8. The smallest absolute Gasteiger partial charge is 0.246 e. The van der Waals surface area contributed by atoms with Crippen molar-refractivity contribution in [3.8, 4) is 0 Å². The van der Waals surface area contributed by atoms with Crippen molar-refractivity contribution in [2.24, 2.45) is 5.92 Å². The molecule has 0 unspecified atom stereocenters. The van der Waals surface area contributed by atoms with E-state index in [0.29, 0.717) is 25.0 Å². The maximum absolute atomic E-state index is 13.9. The van der Waals surface area contributed by atoms with Gasteiger partial charge in [0.15, 0.2) is 0 Å². The highest BCUT2D eigenvalue weighted by Gasteiger charge is 2.42. The third-order valence-electron chi connectivity index (χ3n) is 8.74. The van der Waals surface area contributed by atoms with Crippen LogP contribution < -0.4 is 9.62 Å². The van der Waals surface area contributed by atoms with Crippen molar-refractivity contribution >= 4 is 38.4 Å². The number of hydrogen-bond acceptors (Lipinski definition) is 6. The fourth-order valence-electron chi connectivity index (χ4n) is 6.34. The first-order valence-electron chi connectivity index (χ1n) is 14.4. The van der Waals surface area contributed by atoms with E-state index >= 15 is 0 Å². The quantitative estimate of drug-likeness (QED) is 0.475. The van der Waals surface area contributed by atoms with Crippen LogP contribution in [0.25, 0.3) is 10.9 Å². The number of carbonyl (C=O) groups excluding carboxylic acids is 2. The number of nitrogens with zero attached hydrogens (tertiary/aromatic N) is 5. The molecule has 0 spiro atoms.